The molecule has 1 unspecified atom stereocenters. The van der Waals surface area contributed by atoms with Crippen molar-refractivity contribution in [1.82, 2.24) is 5.32 Å². The molecule has 0 aromatic heterocycles. The van der Waals surface area contributed by atoms with Gasteiger partial charge in [0.2, 0.25) is 0 Å². The van der Waals surface area contributed by atoms with Crippen LogP contribution in [0.2, 0.25) is 0 Å². The second-order valence-electron chi connectivity index (χ2n) is 4.75. The third kappa shape index (κ3) is 2.14. The highest BCUT2D eigenvalue weighted by molar-refractivity contribution is 9.10. The van der Waals surface area contributed by atoms with Gasteiger partial charge in [-0.1, -0.05) is 15.9 Å². The van der Waals surface area contributed by atoms with Crippen molar-refractivity contribution in [3.63, 3.8) is 0 Å². The smallest absolute Gasteiger partial charge is 0.421 e. The van der Waals surface area contributed by atoms with Crippen LogP contribution in [0, 0.1) is 0 Å². The van der Waals surface area contributed by atoms with Gasteiger partial charge in [-0.2, -0.15) is 17.6 Å². The van der Waals surface area contributed by atoms with Crippen LogP contribution in [0.5, 0.6) is 11.5 Å². The van der Waals surface area contributed by atoms with Crippen molar-refractivity contribution in [3.8, 4) is 11.5 Å². The number of alkyl halides is 4. The summed E-state index contributed by atoms with van der Waals surface area (Å²) >= 11 is 3.26. The molecular formula is C12H10BrF4NO2. The lowest BCUT2D eigenvalue weighted by molar-refractivity contribution is -0.391. The Morgan fingerprint density at radius 1 is 1.10 bits per heavy atom. The zero-order valence-corrected chi connectivity index (χ0v) is 11.6. The maximum Gasteiger partial charge on any atom is 0.507 e. The van der Waals surface area contributed by atoms with Gasteiger partial charge in [0.05, 0.1) is 0 Å². The Morgan fingerprint density at radius 3 is 2.25 bits per heavy atom. The molecule has 2 heterocycles. The van der Waals surface area contributed by atoms with Crippen LogP contribution in [-0.4, -0.2) is 25.3 Å². The summed E-state index contributed by atoms with van der Waals surface area (Å²) in [5.74, 6) is -0.650. The molecule has 0 amide bonds. The minimum Gasteiger partial charge on any atom is -0.421 e. The third-order valence-corrected chi connectivity index (χ3v) is 4.07. The van der Waals surface area contributed by atoms with Crippen molar-refractivity contribution in [2.45, 2.75) is 24.6 Å². The zero-order valence-electron chi connectivity index (χ0n) is 10.1. The molecule has 0 bridgehead atoms. The molecule has 3 rings (SSSR count). The molecule has 1 aromatic rings. The molecule has 0 spiro atoms. The van der Waals surface area contributed by atoms with E-state index < -0.39 is 18.0 Å². The summed E-state index contributed by atoms with van der Waals surface area (Å²) in [5, 5.41) is 3.15. The summed E-state index contributed by atoms with van der Waals surface area (Å²) in [7, 11) is 0. The molecule has 110 valence electrons. The van der Waals surface area contributed by atoms with Gasteiger partial charge in [-0.3, -0.25) is 0 Å². The van der Waals surface area contributed by atoms with E-state index in [-0.39, 0.29) is 11.7 Å². The van der Waals surface area contributed by atoms with Crippen LogP contribution in [0.4, 0.5) is 17.6 Å². The molecular weight excluding hydrogens is 346 g/mol. The zero-order chi connectivity index (χ0) is 14.5. The average molecular weight is 356 g/mol. The number of fused-ring (bicyclic) bond motifs is 1. The van der Waals surface area contributed by atoms with Crippen LogP contribution < -0.4 is 14.8 Å². The van der Waals surface area contributed by atoms with Crippen LogP contribution >= 0.6 is 15.9 Å². The first-order valence-corrected chi connectivity index (χ1v) is 6.77. The maximum absolute atomic E-state index is 13.1. The summed E-state index contributed by atoms with van der Waals surface area (Å²) in [6.07, 6.45) is -8.53. The predicted molar refractivity (Wildman–Crippen MR) is 65.5 cm³/mol. The molecule has 2 aliphatic heterocycles. The Balaban J connectivity index is 2.01. The number of halogens is 5. The lowest BCUT2D eigenvalue weighted by Gasteiger charge is -2.32. The highest BCUT2D eigenvalue weighted by Gasteiger charge is 2.66. The molecule has 0 aliphatic carbocycles. The monoisotopic (exact) mass is 355 g/mol. The number of ether oxygens (including phenoxy) is 2. The van der Waals surface area contributed by atoms with E-state index in [1.807, 2.05) is 0 Å². The Morgan fingerprint density at radius 2 is 1.70 bits per heavy atom. The van der Waals surface area contributed by atoms with Crippen molar-refractivity contribution >= 4 is 15.9 Å². The van der Waals surface area contributed by atoms with E-state index in [1.165, 1.54) is 12.1 Å². The third-order valence-electron chi connectivity index (χ3n) is 3.38. The normalized spacial score (nSPS) is 26.6. The fraction of sp³-hybridized carbons (Fsp3) is 0.500. The quantitative estimate of drug-likeness (QED) is 0.782. The first kappa shape index (κ1) is 13.9. The number of hydrogen-bond acceptors (Lipinski definition) is 3. The van der Waals surface area contributed by atoms with E-state index >= 15 is 0 Å². The largest absolute Gasteiger partial charge is 0.507 e. The molecule has 2 aliphatic rings. The van der Waals surface area contributed by atoms with Crippen molar-refractivity contribution in [1.29, 1.82) is 0 Å². The minimum atomic E-state index is -4.68. The van der Waals surface area contributed by atoms with E-state index in [2.05, 4.69) is 30.7 Å². The van der Waals surface area contributed by atoms with Gasteiger partial charge >= 0.3 is 12.2 Å². The predicted octanol–water partition coefficient (Wildman–Crippen LogP) is 3.48. The van der Waals surface area contributed by atoms with E-state index in [1.54, 1.807) is 0 Å². The van der Waals surface area contributed by atoms with Crippen LogP contribution in [0.1, 0.15) is 17.9 Å². The van der Waals surface area contributed by atoms with Gasteiger partial charge in [0, 0.05) is 11.0 Å². The van der Waals surface area contributed by atoms with Crippen LogP contribution in [-0.2, 0) is 0 Å². The SMILES string of the molecule is FC1(F)Oc2cc(Br)c(C3CCNC3)cc2OC1(F)F. The standard InChI is InChI=1S/C12H10BrF4NO2/c13-8-4-10-9(3-7(8)6-1-2-18-5-6)19-11(14,15)12(16,17)20-10/h3-4,6,18H,1-2,5H2. The summed E-state index contributed by atoms with van der Waals surface area (Å²) in [6, 6.07) is 2.58. The molecule has 1 atom stereocenters. The van der Waals surface area contributed by atoms with E-state index in [9.17, 15) is 17.6 Å². The fourth-order valence-corrected chi connectivity index (χ4v) is 2.98. The summed E-state index contributed by atoms with van der Waals surface area (Å²) in [4.78, 5) is 0. The number of benzene rings is 1. The molecule has 1 aromatic carbocycles. The second-order valence-corrected chi connectivity index (χ2v) is 5.60. The van der Waals surface area contributed by atoms with Gasteiger partial charge < -0.3 is 14.8 Å². The Kier molecular flexibility index (Phi) is 3.13. The maximum atomic E-state index is 13.1. The first-order chi connectivity index (χ1) is 9.30. The topological polar surface area (TPSA) is 30.5 Å². The van der Waals surface area contributed by atoms with E-state index in [0.29, 0.717) is 11.0 Å². The molecule has 8 heteroatoms. The highest BCUT2D eigenvalue weighted by atomic mass is 79.9. The molecule has 0 radical (unpaired) electrons. The minimum absolute atomic E-state index is 0.120. The Hall–Kier alpha value is -1.02. The van der Waals surface area contributed by atoms with Gasteiger partial charge in [-0.25, -0.2) is 0 Å². The number of hydrogen-bond donors (Lipinski definition) is 1. The van der Waals surface area contributed by atoms with Crippen molar-refractivity contribution < 1.29 is 27.0 Å². The molecule has 1 N–H and O–H groups in total. The van der Waals surface area contributed by atoms with Gasteiger partial charge in [-0.15, -0.1) is 0 Å². The number of nitrogens with one attached hydrogen (secondary N) is 1. The van der Waals surface area contributed by atoms with Gasteiger partial charge in [-0.05, 0) is 36.6 Å². The Labute approximate surface area is 120 Å². The highest BCUT2D eigenvalue weighted by Crippen LogP contribution is 2.49. The average Bonchev–Trinajstić information content (AvgIpc) is 2.83. The summed E-state index contributed by atoms with van der Waals surface area (Å²) in [5.41, 5.74) is 0.735. The van der Waals surface area contributed by atoms with E-state index in [4.69, 9.17) is 0 Å². The number of rotatable bonds is 1. The fourth-order valence-electron chi connectivity index (χ4n) is 2.34. The van der Waals surface area contributed by atoms with Crippen molar-refractivity contribution in [2.24, 2.45) is 0 Å². The molecule has 20 heavy (non-hydrogen) atoms. The molecule has 1 fully saturated rings. The first-order valence-electron chi connectivity index (χ1n) is 5.98. The molecule has 0 saturated carbocycles. The van der Waals surface area contributed by atoms with Crippen molar-refractivity contribution in [3.05, 3.63) is 22.2 Å². The summed E-state index contributed by atoms with van der Waals surface area (Å²) in [6.45, 7) is 1.52. The van der Waals surface area contributed by atoms with Gasteiger partial charge in [0.25, 0.3) is 0 Å². The van der Waals surface area contributed by atoms with Gasteiger partial charge in [0.15, 0.2) is 11.5 Å². The summed E-state index contributed by atoms with van der Waals surface area (Å²) < 4.78 is 61.2. The molecule has 1 saturated heterocycles. The van der Waals surface area contributed by atoms with Crippen molar-refractivity contribution in [2.75, 3.05) is 13.1 Å². The molecule has 3 nitrogen and oxygen atoms in total. The van der Waals surface area contributed by atoms with E-state index in [0.717, 1.165) is 18.5 Å². The lowest BCUT2D eigenvalue weighted by atomic mass is 9.98. The van der Waals surface area contributed by atoms with Crippen LogP contribution in [0.3, 0.4) is 0 Å². The van der Waals surface area contributed by atoms with Gasteiger partial charge in [0.1, 0.15) is 0 Å². The van der Waals surface area contributed by atoms with Crippen LogP contribution in [0.25, 0.3) is 0 Å². The Bertz CT molecular complexity index is 547. The van der Waals surface area contributed by atoms with Crippen LogP contribution in [0.15, 0.2) is 16.6 Å². The lowest BCUT2D eigenvalue weighted by Crippen LogP contribution is -2.52. The second kappa shape index (κ2) is 4.49.